The van der Waals surface area contributed by atoms with Gasteiger partial charge in [0.1, 0.15) is 19.4 Å². The summed E-state index contributed by atoms with van der Waals surface area (Å²) in [6.45, 7) is 4.82. The van der Waals surface area contributed by atoms with Gasteiger partial charge in [-0.25, -0.2) is 0 Å². The number of anilines is 5. The van der Waals surface area contributed by atoms with Crippen molar-refractivity contribution >= 4 is 73.7 Å². The minimum absolute atomic E-state index is 0.0349. The topological polar surface area (TPSA) is 194 Å². The molecule has 360 valence electrons. The Kier molecular flexibility index (Phi) is 14.2. The van der Waals surface area contributed by atoms with Gasteiger partial charge in [-0.3, -0.25) is 19.2 Å². The highest BCUT2D eigenvalue weighted by molar-refractivity contribution is 8.77. The summed E-state index contributed by atoms with van der Waals surface area (Å²) in [5.41, 5.74) is 13.0. The number of fused-ring (bicyclic) bond motifs is 8. The molecular formula is C52H56N6O9S2. The van der Waals surface area contributed by atoms with E-state index in [4.69, 9.17) is 24.7 Å². The van der Waals surface area contributed by atoms with Crippen molar-refractivity contribution in [3.05, 3.63) is 124 Å². The van der Waals surface area contributed by atoms with Crippen molar-refractivity contribution in [2.45, 2.75) is 94.4 Å². The Morgan fingerprint density at radius 1 is 0.739 bits per heavy atom. The zero-order chi connectivity index (χ0) is 48.3. The lowest BCUT2D eigenvalue weighted by Crippen LogP contribution is -2.45. The number of amides is 4. The molecule has 5 aromatic carbocycles. The molecule has 4 aliphatic rings. The molecule has 4 amide bonds. The predicted octanol–water partition coefficient (Wildman–Crippen LogP) is 8.32. The minimum atomic E-state index is -1.05. The van der Waals surface area contributed by atoms with Gasteiger partial charge in [0, 0.05) is 59.1 Å². The van der Waals surface area contributed by atoms with E-state index in [1.807, 2.05) is 65.6 Å². The number of nitrogens with two attached hydrogens (primary N) is 1. The van der Waals surface area contributed by atoms with Crippen LogP contribution in [-0.2, 0) is 35.6 Å². The molecule has 5 aromatic rings. The van der Waals surface area contributed by atoms with Crippen molar-refractivity contribution < 1.29 is 43.2 Å². The second-order valence-electron chi connectivity index (χ2n) is 17.8. The van der Waals surface area contributed by atoms with E-state index >= 15 is 0 Å². The Labute approximate surface area is 409 Å². The summed E-state index contributed by atoms with van der Waals surface area (Å²) in [5.74, 6) is 0.660. The Morgan fingerprint density at radius 2 is 1.29 bits per heavy atom. The number of aliphatic hydroxyl groups excluding tert-OH is 1. The maximum absolute atomic E-state index is 14.1. The molecule has 0 spiro atoms. The molecule has 6 N–H and O–H groups in total. The van der Waals surface area contributed by atoms with Gasteiger partial charge >= 0.3 is 0 Å². The summed E-state index contributed by atoms with van der Waals surface area (Å²) >= 11 is 0. The van der Waals surface area contributed by atoms with Crippen molar-refractivity contribution in [3.63, 3.8) is 0 Å². The number of hydrogen-bond donors (Lipinski definition) is 5. The van der Waals surface area contributed by atoms with Gasteiger partial charge in [0.05, 0.1) is 48.8 Å². The molecule has 5 atom stereocenters. The standard InChI is InChI=1S/C52H56N6O9S2/c1-29(13-15-48(53)59)68-69-30(2)14-16-49(60)55-35-18-31(27-66-46-24-39-37(22-44(46)64-3)51(62)57-36(26-54-39)20-33-9-5-7-11-41(33)57)17-32(19-35)28-67-47-25-40-38(23-45(47)65-4)52(63)58-42-12-8-6-10-34(42)21-43(58)50(61)56-40/h5-12,17-19,22-25,29-30,36,43,50,54,56,61H,13-16,20-21,26-28H2,1-4H3,(H2,53,59)(H,55,60)/t29?,30?,36-,43-,50?/m0/s1. The second-order valence-corrected chi connectivity index (χ2v) is 21.0. The fraction of sp³-hybridized carbons (Fsp3) is 0.346. The molecule has 17 heteroatoms. The summed E-state index contributed by atoms with van der Waals surface area (Å²) in [7, 11) is 6.43. The molecule has 0 aromatic heterocycles. The van der Waals surface area contributed by atoms with Crippen LogP contribution in [0.5, 0.6) is 23.0 Å². The molecule has 9 rings (SSSR count). The smallest absolute Gasteiger partial charge is 0.260 e. The quantitative estimate of drug-likeness (QED) is 0.0527. The monoisotopic (exact) mass is 972 g/mol. The van der Waals surface area contributed by atoms with Crippen LogP contribution >= 0.6 is 21.6 Å². The molecule has 15 nitrogen and oxygen atoms in total. The first-order valence-corrected chi connectivity index (χ1v) is 25.4. The van der Waals surface area contributed by atoms with E-state index < -0.39 is 12.3 Å². The first-order valence-electron chi connectivity index (χ1n) is 23.1. The van der Waals surface area contributed by atoms with E-state index in [-0.39, 0.29) is 59.8 Å². The maximum atomic E-state index is 14.1. The Balaban J connectivity index is 0.941. The molecule has 0 saturated heterocycles. The molecule has 0 bridgehead atoms. The number of benzene rings is 5. The van der Waals surface area contributed by atoms with Crippen LogP contribution in [0.1, 0.15) is 82.5 Å². The van der Waals surface area contributed by atoms with E-state index in [2.05, 4.69) is 35.9 Å². The number of methoxy groups -OCH3 is 2. The summed E-state index contributed by atoms with van der Waals surface area (Å²) in [4.78, 5) is 56.4. The summed E-state index contributed by atoms with van der Waals surface area (Å²) in [5, 5.41) is 21.5. The SMILES string of the molecule is COc1cc2c(cc1OCc1cc(COc3cc4c(cc3OC)C(=O)N3c5ccccc5C[C@H]3C(O)N4)cc(NC(=O)CCC(C)SSC(C)CCC(N)=O)c1)NC[C@@H]1Cc3ccccc3N1C2=O. The van der Waals surface area contributed by atoms with Gasteiger partial charge < -0.3 is 55.5 Å². The van der Waals surface area contributed by atoms with E-state index in [0.29, 0.717) is 89.0 Å². The first-order chi connectivity index (χ1) is 33.4. The third-order valence-electron chi connectivity index (χ3n) is 12.9. The van der Waals surface area contributed by atoms with Gasteiger partial charge in [0.25, 0.3) is 11.8 Å². The molecular weight excluding hydrogens is 917 g/mol. The molecule has 69 heavy (non-hydrogen) atoms. The Morgan fingerprint density at radius 3 is 1.91 bits per heavy atom. The average molecular weight is 973 g/mol. The van der Waals surface area contributed by atoms with Crippen LogP contribution in [0, 0.1) is 0 Å². The van der Waals surface area contributed by atoms with Crippen LogP contribution in [0.3, 0.4) is 0 Å². The van der Waals surface area contributed by atoms with Gasteiger partial charge in [-0.05, 0) is 90.4 Å². The number of primary amides is 1. The lowest BCUT2D eigenvalue weighted by molar-refractivity contribution is -0.118. The van der Waals surface area contributed by atoms with Crippen LogP contribution in [0.25, 0.3) is 0 Å². The number of carbonyl (C=O) groups is 4. The third kappa shape index (κ3) is 10.3. The fourth-order valence-electron chi connectivity index (χ4n) is 9.37. The lowest BCUT2D eigenvalue weighted by Gasteiger charge is -2.26. The van der Waals surface area contributed by atoms with Gasteiger partial charge in [0.2, 0.25) is 11.8 Å². The van der Waals surface area contributed by atoms with Gasteiger partial charge in [-0.15, -0.1) is 0 Å². The maximum Gasteiger partial charge on any atom is 0.260 e. The van der Waals surface area contributed by atoms with E-state index in [1.165, 1.54) is 14.2 Å². The van der Waals surface area contributed by atoms with Gasteiger partial charge in [0.15, 0.2) is 23.0 Å². The highest BCUT2D eigenvalue weighted by atomic mass is 33.1. The molecule has 4 aliphatic heterocycles. The zero-order valence-corrected chi connectivity index (χ0v) is 40.5. The molecule has 0 fully saturated rings. The van der Waals surface area contributed by atoms with Crippen LogP contribution in [0.4, 0.5) is 28.4 Å². The van der Waals surface area contributed by atoms with Crippen molar-refractivity contribution in [3.8, 4) is 23.0 Å². The van der Waals surface area contributed by atoms with E-state index in [9.17, 15) is 24.3 Å². The number of para-hydroxylation sites is 2. The number of hydrogen-bond acceptors (Lipinski definition) is 13. The largest absolute Gasteiger partial charge is 0.493 e. The number of carbonyl (C=O) groups excluding carboxylic acids is 4. The molecule has 3 unspecified atom stereocenters. The van der Waals surface area contributed by atoms with Crippen molar-refractivity contribution in [2.24, 2.45) is 5.73 Å². The molecule has 4 heterocycles. The van der Waals surface area contributed by atoms with Crippen molar-refractivity contribution in [2.75, 3.05) is 46.5 Å². The second kappa shape index (κ2) is 20.6. The highest BCUT2D eigenvalue weighted by Gasteiger charge is 2.42. The predicted molar refractivity (Wildman–Crippen MR) is 271 cm³/mol. The average Bonchev–Trinajstić information content (AvgIpc) is 3.87. The third-order valence-corrected chi connectivity index (χ3v) is 16.4. The fourth-order valence-corrected chi connectivity index (χ4v) is 11.9. The van der Waals surface area contributed by atoms with Gasteiger partial charge in [-0.2, -0.15) is 0 Å². The number of nitrogens with one attached hydrogen (secondary N) is 3. The lowest BCUT2D eigenvalue weighted by atomic mass is 10.1. The highest BCUT2D eigenvalue weighted by Crippen LogP contribution is 2.44. The van der Waals surface area contributed by atoms with Crippen LogP contribution in [0.15, 0.2) is 91.0 Å². The van der Waals surface area contributed by atoms with E-state index in [1.54, 1.807) is 50.8 Å². The van der Waals surface area contributed by atoms with Crippen molar-refractivity contribution in [1.82, 2.24) is 0 Å². The summed E-state index contributed by atoms with van der Waals surface area (Å²) in [6.07, 6.45) is 2.17. The molecule has 0 saturated carbocycles. The number of rotatable bonds is 18. The molecule has 0 radical (unpaired) electrons. The zero-order valence-electron chi connectivity index (χ0n) is 38.9. The Hall–Kier alpha value is -6.56. The molecule has 0 aliphatic carbocycles. The Bertz CT molecular complexity index is 2790. The minimum Gasteiger partial charge on any atom is -0.493 e. The number of nitrogens with zero attached hydrogens (tertiary/aromatic N) is 2. The van der Waals surface area contributed by atoms with E-state index in [0.717, 1.165) is 34.5 Å². The van der Waals surface area contributed by atoms with Crippen LogP contribution in [0.2, 0.25) is 0 Å². The van der Waals surface area contributed by atoms with Gasteiger partial charge in [-0.1, -0.05) is 71.8 Å². The summed E-state index contributed by atoms with van der Waals surface area (Å²) in [6, 6.07) is 27.5. The van der Waals surface area contributed by atoms with Crippen LogP contribution < -0.4 is 50.4 Å². The number of aliphatic hydroxyl groups is 1. The first kappa shape index (κ1) is 47.5. The summed E-state index contributed by atoms with van der Waals surface area (Å²) < 4.78 is 24.5. The van der Waals surface area contributed by atoms with Crippen molar-refractivity contribution in [1.29, 1.82) is 0 Å². The normalized spacial score (nSPS) is 18.4. The number of ether oxygens (including phenoxy) is 4. The van der Waals surface area contributed by atoms with Crippen LogP contribution in [-0.4, -0.2) is 78.3 Å².